The largest absolute Gasteiger partial charge is 0.405 e. The molecule has 0 radical (unpaired) electrons. The molecule has 1 aliphatic carbocycles. The molecule has 4 N–H and O–H groups in total. The van der Waals surface area contributed by atoms with Crippen molar-refractivity contribution in [3.05, 3.63) is 53.7 Å². The van der Waals surface area contributed by atoms with Crippen LogP contribution in [0, 0.1) is 25.6 Å². The number of pyridine rings is 1. The van der Waals surface area contributed by atoms with Crippen LogP contribution >= 0.6 is 11.3 Å². The van der Waals surface area contributed by atoms with Crippen molar-refractivity contribution in [2.45, 2.75) is 49.6 Å². The topological polar surface area (TPSA) is 150 Å². The molecule has 10 nitrogen and oxygen atoms in total. The normalized spacial score (nSPS) is 21.1. The molecule has 224 valence electrons. The molecular weight excluding hydrogens is 600 g/mol. The Morgan fingerprint density at radius 1 is 1.02 bits per heavy atom. The zero-order valence-corrected chi connectivity index (χ0v) is 23.9. The average molecular weight is 627 g/mol. The maximum absolute atomic E-state index is 13.3. The molecule has 0 spiro atoms. The third-order valence-corrected chi connectivity index (χ3v) is 9.87. The van der Waals surface area contributed by atoms with Gasteiger partial charge in [-0.2, -0.15) is 18.2 Å². The fourth-order valence-electron chi connectivity index (χ4n) is 4.91. The molecule has 1 saturated carbocycles. The molecule has 1 fully saturated rings. The van der Waals surface area contributed by atoms with Gasteiger partial charge in [-0.05, 0) is 50.6 Å². The number of hydrogen-bond donors (Lipinski definition) is 4. The second-order valence-electron chi connectivity index (χ2n) is 10.1. The number of nitrogens with one attached hydrogen (secondary N) is 2. The number of hydrogen-bond acceptors (Lipinski definition) is 11. The summed E-state index contributed by atoms with van der Waals surface area (Å²) in [6.45, 7) is 1.98. The number of thiazole rings is 1. The Bertz CT molecular complexity index is 1720. The second-order valence-corrected chi connectivity index (χ2v) is 13.1. The van der Waals surface area contributed by atoms with E-state index < -0.39 is 58.3 Å². The van der Waals surface area contributed by atoms with Crippen LogP contribution in [0.25, 0.3) is 20.8 Å². The lowest BCUT2D eigenvalue weighted by molar-refractivity contribution is -0.115. The Labute approximate surface area is 241 Å². The van der Waals surface area contributed by atoms with Gasteiger partial charge in [0.1, 0.15) is 34.8 Å². The van der Waals surface area contributed by atoms with E-state index >= 15 is 0 Å². The summed E-state index contributed by atoms with van der Waals surface area (Å²) < 4.78 is 78.7. The number of halogens is 4. The zero-order valence-electron chi connectivity index (χ0n) is 22.2. The van der Waals surface area contributed by atoms with Gasteiger partial charge in [-0.3, -0.25) is 4.98 Å². The number of fused-ring (bicyclic) bond motifs is 1. The fourth-order valence-corrected chi connectivity index (χ4v) is 7.66. The summed E-state index contributed by atoms with van der Waals surface area (Å²) in [5.41, 5.74) is 1.97. The standard InChI is InChI=1S/C26H26F4N6O4S2/c1-12-19(24-35-20-13(2)31-8-7-18(20)41-24)23(36-25(33-12)32-11-26(28,29)30)34-17-9-14(21(37)22(17)38)10-42(39,40)16-5-3-15(27)4-6-16/h3-8,14,17,21-22,37-38H,9-11H2,1-2H3,(H2,32,33,34,36)/t14-,17-,21-,22+/m1/s1. The lowest BCUT2D eigenvalue weighted by Gasteiger charge is -2.21. The SMILES string of the molecule is Cc1nc(NCC(F)(F)F)nc(N[C@@H]2C[C@H](CS(=O)(=O)c3ccc(F)cc3)[C@@H](O)[C@H]2O)c1-c1nc2c(C)nccc2s1. The van der Waals surface area contributed by atoms with Gasteiger partial charge in [0, 0.05) is 12.1 Å². The molecule has 0 bridgehead atoms. The highest BCUT2D eigenvalue weighted by Gasteiger charge is 2.44. The van der Waals surface area contributed by atoms with Crippen LogP contribution in [0.1, 0.15) is 17.8 Å². The lowest BCUT2D eigenvalue weighted by atomic mass is 10.1. The molecule has 4 aromatic rings. The molecule has 0 amide bonds. The fraction of sp³-hybridized carbons (Fsp3) is 0.385. The minimum Gasteiger partial charge on any atom is -0.390 e. The van der Waals surface area contributed by atoms with Crippen LogP contribution in [0.5, 0.6) is 0 Å². The Hall–Kier alpha value is -3.47. The van der Waals surface area contributed by atoms with Gasteiger partial charge in [0.15, 0.2) is 9.84 Å². The first-order valence-corrected chi connectivity index (χ1v) is 15.2. The molecule has 1 aliphatic rings. The molecule has 4 atom stereocenters. The quantitative estimate of drug-likeness (QED) is 0.168. The Morgan fingerprint density at radius 3 is 2.40 bits per heavy atom. The van der Waals surface area contributed by atoms with Gasteiger partial charge in [0.2, 0.25) is 5.95 Å². The molecule has 1 aromatic carbocycles. The number of nitrogens with zero attached hydrogens (tertiary/aromatic N) is 4. The van der Waals surface area contributed by atoms with Gasteiger partial charge in [0.05, 0.1) is 44.4 Å². The van der Waals surface area contributed by atoms with Crippen LogP contribution in [0.4, 0.5) is 29.3 Å². The maximum atomic E-state index is 13.3. The third-order valence-electron chi connectivity index (χ3n) is 6.97. The van der Waals surface area contributed by atoms with Gasteiger partial charge >= 0.3 is 6.18 Å². The molecule has 42 heavy (non-hydrogen) atoms. The van der Waals surface area contributed by atoms with Crippen LogP contribution in [0.3, 0.4) is 0 Å². The second kappa shape index (κ2) is 11.3. The lowest BCUT2D eigenvalue weighted by Crippen LogP contribution is -2.36. The summed E-state index contributed by atoms with van der Waals surface area (Å²) in [5.74, 6) is -2.30. The minimum atomic E-state index is -4.53. The molecule has 3 heterocycles. The van der Waals surface area contributed by atoms with Crippen molar-refractivity contribution in [1.29, 1.82) is 0 Å². The predicted octanol–water partition coefficient (Wildman–Crippen LogP) is 3.87. The summed E-state index contributed by atoms with van der Waals surface area (Å²) >= 11 is 1.29. The molecule has 0 saturated heterocycles. The number of anilines is 2. The number of alkyl halides is 3. The van der Waals surface area contributed by atoms with E-state index in [1.807, 2.05) is 0 Å². The van der Waals surface area contributed by atoms with Crippen molar-refractivity contribution in [1.82, 2.24) is 19.9 Å². The molecule has 0 unspecified atom stereocenters. The smallest absolute Gasteiger partial charge is 0.390 e. The maximum Gasteiger partial charge on any atom is 0.405 e. The monoisotopic (exact) mass is 626 g/mol. The highest BCUT2D eigenvalue weighted by molar-refractivity contribution is 7.91. The minimum absolute atomic E-state index is 0.0145. The summed E-state index contributed by atoms with van der Waals surface area (Å²) in [6, 6.07) is 5.13. The van der Waals surface area contributed by atoms with Crippen LogP contribution < -0.4 is 10.6 Å². The number of rotatable bonds is 8. The van der Waals surface area contributed by atoms with Crippen molar-refractivity contribution in [2.75, 3.05) is 22.9 Å². The van der Waals surface area contributed by atoms with Crippen LogP contribution in [-0.4, -0.2) is 75.3 Å². The Morgan fingerprint density at radius 2 is 1.74 bits per heavy atom. The zero-order chi connectivity index (χ0) is 30.4. The number of aryl methyl sites for hydroxylation is 2. The number of aliphatic hydroxyl groups excluding tert-OH is 2. The molecule has 3 aromatic heterocycles. The van der Waals surface area contributed by atoms with Crippen molar-refractivity contribution in [3.63, 3.8) is 0 Å². The molecule has 16 heteroatoms. The van der Waals surface area contributed by atoms with E-state index in [0.717, 1.165) is 29.0 Å². The van der Waals surface area contributed by atoms with Gasteiger partial charge in [-0.15, -0.1) is 11.3 Å². The van der Waals surface area contributed by atoms with Gasteiger partial charge in [-0.1, -0.05) is 0 Å². The number of sulfone groups is 1. The van der Waals surface area contributed by atoms with Crippen molar-refractivity contribution in [2.24, 2.45) is 5.92 Å². The molecule has 0 aliphatic heterocycles. The van der Waals surface area contributed by atoms with E-state index in [4.69, 9.17) is 0 Å². The summed E-state index contributed by atoms with van der Waals surface area (Å²) in [5, 5.41) is 27.2. The summed E-state index contributed by atoms with van der Waals surface area (Å²) in [7, 11) is -3.94. The first kappa shape index (κ1) is 30.0. The number of aliphatic hydroxyl groups is 2. The van der Waals surface area contributed by atoms with E-state index in [-0.39, 0.29) is 23.1 Å². The number of benzene rings is 1. The number of aromatic nitrogens is 4. The van der Waals surface area contributed by atoms with E-state index in [2.05, 4.69) is 30.6 Å². The van der Waals surface area contributed by atoms with Gasteiger partial charge in [0.25, 0.3) is 0 Å². The van der Waals surface area contributed by atoms with Crippen molar-refractivity contribution >= 4 is 43.2 Å². The van der Waals surface area contributed by atoms with Crippen LogP contribution in [-0.2, 0) is 9.84 Å². The average Bonchev–Trinajstić information content (AvgIpc) is 3.45. The third kappa shape index (κ3) is 6.30. The van der Waals surface area contributed by atoms with E-state index in [9.17, 15) is 36.2 Å². The summed E-state index contributed by atoms with van der Waals surface area (Å²) in [4.78, 5) is 17.2. The van der Waals surface area contributed by atoms with Crippen LogP contribution in [0.2, 0.25) is 0 Å². The van der Waals surface area contributed by atoms with E-state index in [0.29, 0.717) is 27.5 Å². The first-order chi connectivity index (χ1) is 19.7. The van der Waals surface area contributed by atoms with Gasteiger partial charge < -0.3 is 20.8 Å². The Kier molecular flexibility index (Phi) is 8.08. The highest BCUT2D eigenvalue weighted by Crippen LogP contribution is 2.39. The summed E-state index contributed by atoms with van der Waals surface area (Å²) in [6.07, 6.45) is -5.80. The van der Waals surface area contributed by atoms with E-state index in [1.54, 1.807) is 26.1 Å². The van der Waals surface area contributed by atoms with Gasteiger partial charge in [-0.25, -0.2) is 22.8 Å². The Balaban J connectivity index is 1.47. The first-order valence-electron chi connectivity index (χ1n) is 12.7. The van der Waals surface area contributed by atoms with Crippen molar-refractivity contribution in [3.8, 4) is 10.6 Å². The van der Waals surface area contributed by atoms with E-state index in [1.165, 1.54) is 11.3 Å². The predicted molar refractivity (Wildman–Crippen MR) is 148 cm³/mol. The molecular formula is C26H26F4N6O4S2. The van der Waals surface area contributed by atoms with Crippen LogP contribution in [0.15, 0.2) is 41.4 Å². The highest BCUT2D eigenvalue weighted by atomic mass is 32.2. The van der Waals surface area contributed by atoms with Crippen molar-refractivity contribution < 1.29 is 36.2 Å². The molecule has 5 rings (SSSR count).